The lowest BCUT2D eigenvalue weighted by molar-refractivity contribution is -0.134. The van der Waals surface area contributed by atoms with Crippen molar-refractivity contribution < 1.29 is 34.4 Å². The lowest BCUT2D eigenvalue weighted by atomic mass is 9.91. The number of aromatic carboxylic acids is 1. The smallest absolute Gasteiger partial charge is 0.417 e. The molecule has 46 heavy (non-hydrogen) atoms. The van der Waals surface area contributed by atoms with Gasteiger partial charge in [0.25, 0.3) is 0 Å². The van der Waals surface area contributed by atoms with Gasteiger partial charge in [-0.05, 0) is 38.3 Å². The molecule has 1 aliphatic carbocycles. The van der Waals surface area contributed by atoms with E-state index in [1.165, 1.54) is 10.9 Å². The first-order valence-corrected chi connectivity index (χ1v) is 15.1. The molecule has 0 spiro atoms. The maximum atomic E-state index is 13.1. The summed E-state index contributed by atoms with van der Waals surface area (Å²) in [4.78, 5) is 51.9. The van der Waals surface area contributed by atoms with E-state index in [-0.39, 0.29) is 35.7 Å². The van der Waals surface area contributed by atoms with Gasteiger partial charge >= 0.3 is 12.1 Å². The molecule has 2 aromatic heterocycles. The van der Waals surface area contributed by atoms with E-state index >= 15 is 0 Å². The van der Waals surface area contributed by atoms with E-state index in [1.54, 1.807) is 27.7 Å². The van der Waals surface area contributed by atoms with Gasteiger partial charge in [0.1, 0.15) is 23.3 Å². The molecule has 13 heteroatoms. The van der Waals surface area contributed by atoms with Crippen molar-refractivity contribution in [1.82, 2.24) is 24.4 Å². The Hall–Kier alpha value is -4.88. The summed E-state index contributed by atoms with van der Waals surface area (Å²) < 4.78 is 6.90. The van der Waals surface area contributed by atoms with Gasteiger partial charge in [-0.15, -0.1) is 0 Å². The number of carboxylic acid groups (broad SMARTS) is 1. The van der Waals surface area contributed by atoms with Crippen LogP contribution in [0.3, 0.4) is 0 Å². The summed E-state index contributed by atoms with van der Waals surface area (Å²) in [5.74, 6) is -2.36. The van der Waals surface area contributed by atoms with Crippen molar-refractivity contribution >= 4 is 35.0 Å². The van der Waals surface area contributed by atoms with E-state index in [0.717, 1.165) is 16.0 Å². The summed E-state index contributed by atoms with van der Waals surface area (Å²) in [6.07, 6.45) is -2.60. The number of carboxylic acids is 1. The molecule has 2 aromatic carbocycles. The lowest BCUT2D eigenvalue weighted by Gasteiger charge is -2.31. The van der Waals surface area contributed by atoms with Crippen molar-refractivity contribution in [2.24, 2.45) is 0 Å². The molecule has 5 rings (SSSR count). The molecule has 0 saturated heterocycles. The fourth-order valence-corrected chi connectivity index (χ4v) is 5.80. The molecule has 0 bridgehead atoms. The van der Waals surface area contributed by atoms with Crippen molar-refractivity contribution in [1.29, 1.82) is 0 Å². The molecule has 242 valence electrons. The first kappa shape index (κ1) is 32.5. The van der Waals surface area contributed by atoms with Crippen molar-refractivity contribution in [2.45, 2.75) is 76.3 Å². The number of nitrogens with zero attached hydrogens (tertiary/aromatic N) is 5. The molecular formula is C33H38N6O7. The number of aromatic nitrogens is 4. The highest BCUT2D eigenvalue weighted by Gasteiger charge is 2.49. The topological polar surface area (TPSA) is 180 Å². The Morgan fingerprint density at radius 2 is 1.61 bits per heavy atom. The van der Waals surface area contributed by atoms with Gasteiger partial charge in [0, 0.05) is 18.9 Å². The molecule has 4 atom stereocenters. The van der Waals surface area contributed by atoms with E-state index < -0.39 is 53.7 Å². The number of fused-ring (bicyclic) bond motifs is 1. The number of amides is 2. The third-order valence-corrected chi connectivity index (χ3v) is 7.96. The van der Waals surface area contributed by atoms with Gasteiger partial charge in [0.05, 0.1) is 18.4 Å². The fourth-order valence-electron chi connectivity index (χ4n) is 5.80. The van der Waals surface area contributed by atoms with Crippen molar-refractivity contribution in [3.05, 3.63) is 83.9 Å². The van der Waals surface area contributed by atoms with Gasteiger partial charge in [-0.25, -0.2) is 29.4 Å². The van der Waals surface area contributed by atoms with Crippen LogP contribution in [0.25, 0.3) is 11.2 Å². The van der Waals surface area contributed by atoms with Crippen LogP contribution < -0.4 is 5.32 Å². The van der Waals surface area contributed by atoms with Gasteiger partial charge in [0.2, 0.25) is 11.7 Å². The predicted molar refractivity (Wildman–Crippen MR) is 168 cm³/mol. The summed E-state index contributed by atoms with van der Waals surface area (Å²) in [7, 11) is 0. The van der Waals surface area contributed by atoms with Gasteiger partial charge in [0.15, 0.2) is 11.5 Å². The SMILES string of the molecule is CCC(=O)N(C(=O)OC(C)(C)C)[C@H]1C[C@@H](n2cnc3c(NCC(c4ccccc4)c4ccccc4)nc(C(=O)O)nc32)[C@H](O)[C@@H]1O. The van der Waals surface area contributed by atoms with Gasteiger partial charge in [-0.1, -0.05) is 67.6 Å². The molecular weight excluding hydrogens is 592 g/mol. The zero-order valence-electron chi connectivity index (χ0n) is 26.1. The molecule has 4 N–H and O–H groups in total. The van der Waals surface area contributed by atoms with Gasteiger partial charge in [-0.2, -0.15) is 0 Å². The molecule has 2 heterocycles. The van der Waals surface area contributed by atoms with Crippen molar-refractivity contribution in [3.8, 4) is 0 Å². The molecule has 1 fully saturated rings. The summed E-state index contributed by atoms with van der Waals surface area (Å²) in [6, 6.07) is 17.7. The lowest BCUT2D eigenvalue weighted by Crippen LogP contribution is -2.51. The number of rotatable bonds is 9. The maximum Gasteiger partial charge on any atom is 0.417 e. The highest BCUT2D eigenvalue weighted by atomic mass is 16.6. The number of ether oxygens (including phenoxy) is 1. The Bertz CT molecular complexity index is 1670. The number of nitrogens with one attached hydrogen (secondary N) is 1. The Labute approximate surface area is 265 Å². The molecule has 2 amide bonds. The number of imidazole rings is 1. The number of hydrogen-bond donors (Lipinski definition) is 4. The normalized spacial score (nSPS) is 19.7. The third kappa shape index (κ3) is 6.70. The Balaban J connectivity index is 1.49. The monoisotopic (exact) mass is 630 g/mol. The van der Waals surface area contributed by atoms with E-state index in [1.807, 2.05) is 60.7 Å². The van der Waals surface area contributed by atoms with E-state index in [9.17, 15) is 29.7 Å². The second-order valence-electron chi connectivity index (χ2n) is 12.2. The zero-order valence-corrected chi connectivity index (χ0v) is 26.1. The number of hydrogen-bond acceptors (Lipinski definition) is 10. The molecule has 4 aromatic rings. The molecule has 0 aliphatic heterocycles. The highest BCUT2D eigenvalue weighted by Crippen LogP contribution is 2.37. The van der Waals surface area contributed by atoms with Crippen LogP contribution in [0.4, 0.5) is 10.6 Å². The number of carbonyl (C=O) groups is 3. The van der Waals surface area contributed by atoms with Crippen LogP contribution in [-0.4, -0.2) is 88.1 Å². The maximum absolute atomic E-state index is 13.1. The quantitative estimate of drug-likeness (QED) is 0.210. The van der Waals surface area contributed by atoms with Crippen LogP contribution in [0, 0.1) is 0 Å². The largest absolute Gasteiger partial charge is 0.475 e. The standard InChI is InChI=1S/C33H38N6O7/c1-5-24(40)39(32(45)46-33(2,3)4)23-16-22(26(41)27(23)42)38-18-35-25-28(36-29(31(43)44)37-30(25)38)34-17-21(19-12-8-6-9-13-19)20-14-10-7-11-15-20/h6-15,18,21-23,26-27,41-42H,5,16-17H2,1-4H3,(H,43,44)(H,34,36,37)/t22-,23+,26+,27-/m1/s1. The number of aliphatic hydroxyl groups is 2. The Morgan fingerprint density at radius 3 is 2.15 bits per heavy atom. The van der Waals surface area contributed by atoms with Crippen LogP contribution in [0.1, 0.15) is 74.2 Å². The molecule has 13 nitrogen and oxygen atoms in total. The molecule has 1 aliphatic rings. The predicted octanol–water partition coefficient (Wildman–Crippen LogP) is 3.98. The summed E-state index contributed by atoms with van der Waals surface area (Å²) in [6.45, 7) is 6.91. The minimum Gasteiger partial charge on any atom is -0.475 e. The van der Waals surface area contributed by atoms with E-state index in [2.05, 4.69) is 20.3 Å². The van der Waals surface area contributed by atoms with Crippen LogP contribution in [-0.2, 0) is 9.53 Å². The van der Waals surface area contributed by atoms with Gasteiger partial charge in [-0.3, -0.25) is 4.79 Å². The summed E-state index contributed by atoms with van der Waals surface area (Å²) in [5, 5.41) is 35.4. The minimum atomic E-state index is -1.51. The average Bonchev–Trinajstić information content (AvgIpc) is 3.57. The number of aliphatic hydroxyl groups excluding tert-OH is 2. The van der Waals surface area contributed by atoms with Crippen LogP contribution in [0.2, 0.25) is 0 Å². The Kier molecular flexibility index (Phi) is 9.35. The number of benzene rings is 2. The summed E-state index contributed by atoms with van der Waals surface area (Å²) in [5.41, 5.74) is 1.54. The first-order valence-electron chi connectivity index (χ1n) is 15.1. The number of imide groups is 1. The van der Waals surface area contributed by atoms with Gasteiger partial charge < -0.3 is 29.9 Å². The van der Waals surface area contributed by atoms with E-state index in [4.69, 9.17) is 4.74 Å². The highest BCUT2D eigenvalue weighted by molar-refractivity contribution is 5.93. The summed E-state index contributed by atoms with van der Waals surface area (Å²) >= 11 is 0. The second-order valence-corrected chi connectivity index (χ2v) is 12.2. The molecule has 0 radical (unpaired) electrons. The molecule has 0 unspecified atom stereocenters. The Morgan fingerprint density at radius 1 is 1.00 bits per heavy atom. The van der Waals surface area contributed by atoms with Crippen molar-refractivity contribution in [2.75, 3.05) is 11.9 Å². The van der Waals surface area contributed by atoms with Crippen molar-refractivity contribution in [3.63, 3.8) is 0 Å². The fraction of sp³-hybridized carbons (Fsp3) is 0.394. The second kappa shape index (κ2) is 13.2. The number of carbonyl (C=O) groups excluding carboxylic acids is 2. The van der Waals surface area contributed by atoms with Crippen LogP contribution in [0.15, 0.2) is 67.0 Å². The zero-order chi connectivity index (χ0) is 33.2. The number of anilines is 1. The van der Waals surface area contributed by atoms with Crippen LogP contribution in [0.5, 0.6) is 0 Å². The first-order chi connectivity index (χ1) is 21.9. The van der Waals surface area contributed by atoms with E-state index in [0.29, 0.717) is 6.54 Å². The van der Waals surface area contributed by atoms with Crippen LogP contribution >= 0.6 is 0 Å². The minimum absolute atomic E-state index is 0.0333. The average molecular weight is 631 g/mol. The third-order valence-electron chi connectivity index (χ3n) is 7.96. The molecule has 1 saturated carbocycles.